The van der Waals surface area contributed by atoms with Crippen molar-refractivity contribution < 1.29 is 33.0 Å². The lowest BCUT2D eigenvalue weighted by molar-refractivity contribution is -0.124. The minimum Gasteiger partial charge on any atom is -0.459 e. The second kappa shape index (κ2) is 9.25. The van der Waals surface area contributed by atoms with Gasteiger partial charge in [-0.3, -0.25) is 9.59 Å². The van der Waals surface area contributed by atoms with Gasteiger partial charge in [-0.05, 0) is 54.4 Å². The van der Waals surface area contributed by atoms with Crippen LogP contribution in [-0.2, 0) is 16.1 Å². The highest BCUT2D eigenvalue weighted by molar-refractivity contribution is 6.03. The molecular formula is C23H20N2O7. The van der Waals surface area contributed by atoms with Gasteiger partial charge in [0.15, 0.2) is 23.9 Å². The molecule has 3 aromatic rings. The molecule has 0 atom stereocenters. The number of esters is 1. The fraction of sp³-hybridized carbons (Fsp3) is 0.174. The summed E-state index contributed by atoms with van der Waals surface area (Å²) in [6, 6.07) is 13.2. The molecular weight excluding hydrogens is 416 g/mol. The van der Waals surface area contributed by atoms with Crippen molar-refractivity contribution in [3.8, 4) is 11.5 Å². The predicted molar refractivity (Wildman–Crippen MR) is 113 cm³/mol. The summed E-state index contributed by atoms with van der Waals surface area (Å²) in [5.74, 6) is -0.140. The van der Waals surface area contributed by atoms with Gasteiger partial charge in [0.25, 0.3) is 11.8 Å². The van der Waals surface area contributed by atoms with Crippen molar-refractivity contribution in [2.24, 2.45) is 0 Å². The molecule has 0 spiro atoms. The van der Waals surface area contributed by atoms with Crippen LogP contribution in [0.15, 0.2) is 59.2 Å². The molecule has 2 amide bonds. The van der Waals surface area contributed by atoms with Crippen molar-refractivity contribution >= 4 is 23.5 Å². The van der Waals surface area contributed by atoms with Crippen molar-refractivity contribution in [2.75, 3.05) is 18.7 Å². The molecule has 0 saturated carbocycles. The van der Waals surface area contributed by atoms with E-state index in [0.717, 1.165) is 11.1 Å². The lowest BCUT2D eigenvalue weighted by atomic mass is 10.1. The van der Waals surface area contributed by atoms with Gasteiger partial charge < -0.3 is 29.3 Å². The fourth-order valence-corrected chi connectivity index (χ4v) is 2.99. The molecule has 0 bridgehead atoms. The van der Waals surface area contributed by atoms with Gasteiger partial charge in [0.2, 0.25) is 6.79 Å². The van der Waals surface area contributed by atoms with Crippen molar-refractivity contribution in [3.05, 3.63) is 77.2 Å². The second-order valence-electron chi connectivity index (χ2n) is 7.00. The monoisotopic (exact) mass is 436 g/mol. The normalized spacial score (nSPS) is 11.7. The molecule has 1 aliphatic rings. The number of carbonyl (C=O) groups excluding carboxylic acids is 3. The van der Waals surface area contributed by atoms with Gasteiger partial charge in [0.1, 0.15) is 0 Å². The Bertz CT molecular complexity index is 1160. The van der Waals surface area contributed by atoms with Crippen LogP contribution in [0.5, 0.6) is 11.5 Å². The average molecular weight is 436 g/mol. The molecule has 2 N–H and O–H groups in total. The maximum atomic E-state index is 12.4. The molecule has 1 aliphatic heterocycles. The molecule has 2 aromatic carbocycles. The molecule has 4 rings (SSSR count). The quantitative estimate of drug-likeness (QED) is 0.547. The number of anilines is 1. The number of fused-ring (bicyclic) bond motifs is 1. The van der Waals surface area contributed by atoms with Crippen LogP contribution in [0.2, 0.25) is 0 Å². The molecule has 9 nitrogen and oxygen atoms in total. The summed E-state index contributed by atoms with van der Waals surface area (Å²) in [5.41, 5.74) is 2.22. The zero-order valence-electron chi connectivity index (χ0n) is 17.2. The van der Waals surface area contributed by atoms with Crippen molar-refractivity contribution in [2.45, 2.75) is 13.5 Å². The smallest absolute Gasteiger partial charge is 0.338 e. The molecule has 2 heterocycles. The van der Waals surface area contributed by atoms with Crippen molar-refractivity contribution in [1.82, 2.24) is 5.32 Å². The minimum absolute atomic E-state index is 0.150. The molecule has 32 heavy (non-hydrogen) atoms. The van der Waals surface area contributed by atoms with Crippen LogP contribution in [0.1, 0.15) is 32.0 Å². The number of rotatable bonds is 7. The third-order valence-electron chi connectivity index (χ3n) is 4.73. The number of ether oxygens (including phenoxy) is 3. The molecule has 164 valence electrons. The fourth-order valence-electron chi connectivity index (χ4n) is 2.99. The summed E-state index contributed by atoms with van der Waals surface area (Å²) >= 11 is 0. The van der Waals surface area contributed by atoms with Gasteiger partial charge in [0.05, 0.1) is 11.8 Å². The molecule has 1 aromatic heterocycles. The Balaban J connectivity index is 1.29. The number of benzene rings is 2. The summed E-state index contributed by atoms with van der Waals surface area (Å²) < 4.78 is 20.7. The zero-order valence-corrected chi connectivity index (χ0v) is 17.2. The summed E-state index contributed by atoms with van der Waals surface area (Å²) in [5, 5.41) is 5.37. The van der Waals surface area contributed by atoms with E-state index in [4.69, 9.17) is 18.6 Å². The molecule has 0 saturated heterocycles. The summed E-state index contributed by atoms with van der Waals surface area (Å²) in [4.78, 5) is 36.6. The van der Waals surface area contributed by atoms with Crippen LogP contribution in [0.4, 0.5) is 5.69 Å². The molecule has 0 fully saturated rings. The predicted octanol–water partition coefficient (Wildman–Crippen LogP) is 3.04. The number of hydrogen-bond donors (Lipinski definition) is 2. The second-order valence-corrected chi connectivity index (χ2v) is 7.00. The van der Waals surface area contributed by atoms with Gasteiger partial charge in [-0.25, -0.2) is 4.79 Å². The van der Waals surface area contributed by atoms with Gasteiger partial charge in [-0.2, -0.15) is 0 Å². The van der Waals surface area contributed by atoms with E-state index in [1.807, 2.05) is 6.07 Å². The first kappa shape index (κ1) is 21.0. The van der Waals surface area contributed by atoms with Crippen molar-refractivity contribution in [1.29, 1.82) is 0 Å². The van der Waals surface area contributed by atoms with E-state index in [9.17, 15) is 14.4 Å². The Morgan fingerprint density at radius 1 is 1.03 bits per heavy atom. The third-order valence-corrected chi connectivity index (χ3v) is 4.73. The SMILES string of the molecule is Cc1ccc(C(=O)OCC(=O)NCc2ccc3c(c2)OCO3)cc1NC(=O)c1ccco1. The zero-order chi connectivity index (χ0) is 22.5. The Labute approximate surface area is 183 Å². The largest absolute Gasteiger partial charge is 0.459 e. The number of carbonyl (C=O) groups is 3. The van der Waals surface area contributed by atoms with Crippen LogP contribution in [0, 0.1) is 6.92 Å². The maximum Gasteiger partial charge on any atom is 0.338 e. The molecule has 0 aliphatic carbocycles. The van der Waals surface area contributed by atoms with Gasteiger partial charge >= 0.3 is 5.97 Å². The highest BCUT2D eigenvalue weighted by Crippen LogP contribution is 2.32. The molecule has 0 unspecified atom stereocenters. The van der Waals surface area contributed by atoms with Gasteiger partial charge in [0, 0.05) is 12.2 Å². The lowest BCUT2D eigenvalue weighted by Crippen LogP contribution is -2.28. The topological polar surface area (TPSA) is 116 Å². The summed E-state index contributed by atoms with van der Waals surface area (Å²) in [7, 11) is 0. The van der Waals surface area contributed by atoms with E-state index in [1.165, 1.54) is 18.4 Å². The van der Waals surface area contributed by atoms with E-state index in [-0.39, 0.29) is 24.7 Å². The Morgan fingerprint density at radius 3 is 2.69 bits per heavy atom. The third kappa shape index (κ3) is 4.89. The van der Waals surface area contributed by atoms with Crippen molar-refractivity contribution in [3.63, 3.8) is 0 Å². The van der Waals surface area contributed by atoms with E-state index in [2.05, 4.69) is 10.6 Å². The van der Waals surface area contributed by atoms with E-state index >= 15 is 0 Å². The van der Waals surface area contributed by atoms with Gasteiger partial charge in [-0.15, -0.1) is 0 Å². The molecule has 0 radical (unpaired) electrons. The van der Waals surface area contributed by atoms with Crippen LogP contribution >= 0.6 is 0 Å². The Kier molecular flexibility index (Phi) is 6.07. The number of amides is 2. The maximum absolute atomic E-state index is 12.4. The van der Waals surface area contributed by atoms with Crippen LogP contribution in [0.3, 0.4) is 0 Å². The summed E-state index contributed by atoms with van der Waals surface area (Å²) in [6.07, 6.45) is 1.40. The van der Waals surface area contributed by atoms with E-state index < -0.39 is 24.4 Å². The minimum atomic E-state index is -0.684. The number of aryl methyl sites for hydroxylation is 1. The highest BCUT2D eigenvalue weighted by Gasteiger charge is 2.16. The van der Waals surface area contributed by atoms with Crippen LogP contribution < -0.4 is 20.1 Å². The number of furan rings is 1. The number of nitrogens with one attached hydrogen (secondary N) is 2. The first-order valence-corrected chi connectivity index (χ1v) is 9.77. The first-order valence-electron chi connectivity index (χ1n) is 9.77. The van der Waals surface area contributed by atoms with E-state index in [1.54, 1.807) is 37.3 Å². The Hall–Kier alpha value is -4.27. The van der Waals surface area contributed by atoms with Gasteiger partial charge in [-0.1, -0.05) is 12.1 Å². The van der Waals surface area contributed by atoms with E-state index in [0.29, 0.717) is 17.2 Å². The van der Waals surface area contributed by atoms with Crippen LogP contribution in [-0.4, -0.2) is 31.2 Å². The number of hydrogen-bond acceptors (Lipinski definition) is 7. The lowest BCUT2D eigenvalue weighted by Gasteiger charge is -2.10. The summed E-state index contributed by atoms with van der Waals surface area (Å²) in [6.45, 7) is 1.77. The average Bonchev–Trinajstić information content (AvgIpc) is 3.49. The standard InChI is InChI=1S/C23H20N2O7/c1-14-4-6-16(10-17(14)25-22(27)19-3-2-8-29-19)23(28)30-12-21(26)24-11-15-5-7-18-20(9-15)32-13-31-18/h2-10H,11-13H2,1H3,(H,24,26)(H,25,27). The van der Waals surface area contributed by atoms with Crippen LogP contribution in [0.25, 0.3) is 0 Å². The Morgan fingerprint density at radius 2 is 1.88 bits per heavy atom. The first-order chi connectivity index (χ1) is 15.5. The molecule has 9 heteroatoms. The highest BCUT2D eigenvalue weighted by atomic mass is 16.7.